The van der Waals surface area contributed by atoms with Crippen molar-refractivity contribution in [1.82, 2.24) is 25.2 Å². The maximum absolute atomic E-state index is 13.9. The zero-order valence-corrected chi connectivity index (χ0v) is 27.5. The number of benzene rings is 1. The number of halogens is 2. The van der Waals surface area contributed by atoms with Crippen molar-refractivity contribution in [3.05, 3.63) is 47.5 Å². The van der Waals surface area contributed by atoms with E-state index in [9.17, 15) is 41.2 Å². The molecule has 2 aliphatic carbocycles. The summed E-state index contributed by atoms with van der Waals surface area (Å²) < 4.78 is 65.5. The minimum absolute atomic E-state index is 0.0310. The number of fused-ring (bicyclic) bond motifs is 3. The molecule has 0 radical (unpaired) electrons. The van der Waals surface area contributed by atoms with Crippen molar-refractivity contribution in [3.8, 4) is 0 Å². The van der Waals surface area contributed by atoms with Crippen molar-refractivity contribution in [2.45, 2.75) is 99.9 Å². The predicted octanol–water partition coefficient (Wildman–Crippen LogP) is 1.86. The van der Waals surface area contributed by atoms with E-state index < -0.39 is 87.7 Å². The number of ether oxygens (including phenoxy) is 2. The number of aryl methyl sites for hydroxylation is 1. The fourth-order valence-corrected chi connectivity index (χ4v) is 8.20. The molecule has 0 unspecified atom stereocenters. The second-order valence-electron chi connectivity index (χ2n) is 13.3. The molecule has 3 fully saturated rings. The summed E-state index contributed by atoms with van der Waals surface area (Å²) in [6.07, 6.45) is -3.21. The van der Waals surface area contributed by atoms with Gasteiger partial charge in [-0.3, -0.25) is 24.0 Å². The Labute approximate surface area is 281 Å². The first-order valence-corrected chi connectivity index (χ1v) is 17.9. The highest BCUT2D eigenvalue weighted by molar-refractivity contribution is 7.91. The van der Waals surface area contributed by atoms with Crippen molar-refractivity contribution in [3.63, 3.8) is 0 Å². The molecule has 0 spiro atoms. The molecule has 1 aromatic rings. The van der Waals surface area contributed by atoms with Crippen LogP contribution in [-0.2, 0) is 53.4 Å². The summed E-state index contributed by atoms with van der Waals surface area (Å²) in [4.78, 5) is 69.5. The monoisotopic (exact) mass is 707 g/mol. The molecule has 17 heteroatoms. The summed E-state index contributed by atoms with van der Waals surface area (Å²) >= 11 is 0. The van der Waals surface area contributed by atoms with E-state index in [1.54, 1.807) is 0 Å². The van der Waals surface area contributed by atoms with Crippen molar-refractivity contribution in [2.24, 2.45) is 5.92 Å². The van der Waals surface area contributed by atoms with Crippen molar-refractivity contribution in [2.75, 3.05) is 13.2 Å². The average Bonchev–Trinajstić information content (AvgIpc) is 3.94. The molecule has 2 saturated carbocycles. The lowest BCUT2D eigenvalue weighted by molar-refractivity contribution is -0.141. The van der Waals surface area contributed by atoms with Gasteiger partial charge in [0.1, 0.15) is 23.7 Å². The summed E-state index contributed by atoms with van der Waals surface area (Å²) in [5.41, 5.74) is 1.29. The van der Waals surface area contributed by atoms with Crippen LogP contribution in [0, 0.1) is 5.92 Å². The molecular weight excluding hydrogens is 668 g/mol. The number of carbonyl (C=O) groups excluding carboxylic acids is 5. The summed E-state index contributed by atoms with van der Waals surface area (Å²) in [7, 11) is -3.97. The number of nitrogens with zero attached hydrogens (tertiary/aromatic N) is 2. The zero-order chi connectivity index (χ0) is 35.1. The molecule has 3 aliphatic heterocycles. The molecule has 1 saturated heterocycles. The third-order valence-electron chi connectivity index (χ3n) is 9.78. The Morgan fingerprint density at radius 3 is 2.59 bits per heavy atom. The van der Waals surface area contributed by atoms with Gasteiger partial charge in [-0.25, -0.2) is 26.8 Å². The molecular formula is C32H39F2N5O9S. The van der Waals surface area contributed by atoms with Gasteiger partial charge in [-0.1, -0.05) is 24.3 Å². The van der Waals surface area contributed by atoms with Crippen molar-refractivity contribution in [1.29, 1.82) is 0 Å². The molecule has 49 heavy (non-hydrogen) atoms. The van der Waals surface area contributed by atoms with Gasteiger partial charge in [0.25, 0.3) is 5.91 Å². The third kappa shape index (κ3) is 7.35. The lowest BCUT2D eigenvalue weighted by Crippen LogP contribution is -2.58. The number of hydrogen-bond donors (Lipinski definition) is 3. The van der Waals surface area contributed by atoms with Gasteiger partial charge in [-0.15, -0.1) is 6.58 Å². The number of hydrogen-bond acceptors (Lipinski definition) is 9. The lowest BCUT2D eigenvalue weighted by Gasteiger charge is -2.29. The number of cyclic esters (lactones) is 1. The number of alkyl halides is 2. The van der Waals surface area contributed by atoms with Gasteiger partial charge in [0.05, 0.1) is 18.4 Å². The molecule has 5 atom stereocenters. The SMILES string of the molecule is C=C[C@@H]1C[C@]1(NC(=O)[C@@H]1C[C@@H]2CN1C(=O)[C@H](CC(F)F)NC(=O)OCCCCc1cccc3c1CN(C3)C(=O)O2)C(=O)NS(=O)(=O)C1CC1. The zero-order valence-electron chi connectivity index (χ0n) is 26.7. The number of amides is 5. The molecule has 3 N–H and O–H groups in total. The Hall–Kier alpha value is -4.28. The fraction of sp³-hybridized carbons (Fsp3) is 0.594. The molecule has 5 amide bonds. The average molecular weight is 708 g/mol. The summed E-state index contributed by atoms with van der Waals surface area (Å²) in [5.74, 6) is -3.52. The van der Waals surface area contributed by atoms with E-state index in [-0.39, 0.29) is 39.1 Å². The van der Waals surface area contributed by atoms with Crippen LogP contribution in [0.4, 0.5) is 18.4 Å². The maximum Gasteiger partial charge on any atom is 0.410 e. The van der Waals surface area contributed by atoms with Crippen molar-refractivity contribution >= 4 is 39.9 Å². The van der Waals surface area contributed by atoms with Gasteiger partial charge in [-0.05, 0) is 55.2 Å². The minimum Gasteiger partial charge on any atom is -0.450 e. The van der Waals surface area contributed by atoms with Crippen LogP contribution in [0.15, 0.2) is 30.9 Å². The highest BCUT2D eigenvalue weighted by atomic mass is 32.2. The Morgan fingerprint density at radius 2 is 1.90 bits per heavy atom. The number of alkyl carbamates (subject to hydrolysis) is 1. The predicted molar refractivity (Wildman–Crippen MR) is 167 cm³/mol. The number of rotatable bonds is 8. The maximum atomic E-state index is 13.9. The van der Waals surface area contributed by atoms with Crippen LogP contribution in [0.3, 0.4) is 0 Å². The standard InChI is InChI=1S/C32H39F2N5O9S/c1-2-20-14-32(20,29(42)37-49(45,46)22-9-10-22)36-27(40)25-12-21-16-39(25)28(41)24(13-26(33)34)35-30(43)47-11-4-3-6-18-7-5-8-19-15-38(17-23(18)19)31(44)48-21/h2,5,7-8,20-22,24-26H,1,3-4,6,9-17H2,(H,35,43)(H,36,40)(H,37,42)/t20-,21-,24+,25+,32-/m1/s1. The van der Waals surface area contributed by atoms with E-state index >= 15 is 0 Å². The Bertz CT molecular complexity index is 1650. The van der Waals surface area contributed by atoms with E-state index in [2.05, 4.69) is 17.2 Å². The molecule has 14 nitrogen and oxygen atoms in total. The van der Waals surface area contributed by atoms with Crippen LogP contribution < -0.4 is 15.4 Å². The van der Waals surface area contributed by atoms with Gasteiger partial charge >= 0.3 is 12.2 Å². The highest BCUT2D eigenvalue weighted by Crippen LogP contribution is 2.45. The Balaban J connectivity index is 1.26. The van der Waals surface area contributed by atoms with E-state index in [0.29, 0.717) is 32.1 Å². The quantitative estimate of drug-likeness (QED) is 0.340. The van der Waals surface area contributed by atoms with E-state index in [1.807, 2.05) is 22.9 Å². The van der Waals surface area contributed by atoms with Crippen LogP contribution in [0.1, 0.15) is 61.6 Å². The van der Waals surface area contributed by atoms with Gasteiger partial charge in [-0.2, -0.15) is 0 Å². The number of sulfonamides is 1. The molecule has 0 aromatic heterocycles. The van der Waals surface area contributed by atoms with E-state index in [1.165, 1.54) is 11.0 Å². The smallest absolute Gasteiger partial charge is 0.410 e. The topological polar surface area (TPSA) is 181 Å². The van der Waals surface area contributed by atoms with Gasteiger partial charge in [0.2, 0.25) is 28.3 Å². The van der Waals surface area contributed by atoms with Crippen LogP contribution in [0.5, 0.6) is 0 Å². The first kappa shape index (κ1) is 34.6. The molecule has 3 heterocycles. The molecule has 4 bridgehead atoms. The fourth-order valence-electron chi connectivity index (χ4n) is 6.83. The van der Waals surface area contributed by atoms with Crippen LogP contribution in [0.2, 0.25) is 0 Å². The first-order chi connectivity index (χ1) is 23.3. The minimum atomic E-state index is -3.97. The van der Waals surface area contributed by atoms with Gasteiger partial charge in [0.15, 0.2) is 0 Å². The molecule has 266 valence electrons. The van der Waals surface area contributed by atoms with Crippen molar-refractivity contribution < 1.29 is 50.6 Å². The van der Waals surface area contributed by atoms with Crippen LogP contribution in [-0.4, -0.2) is 96.7 Å². The summed E-state index contributed by atoms with van der Waals surface area (Å²) in [5, 5.41) is 4.08. The molecule has 1 aromatic carbocycles. The molecule has 5 aliphatic rings. The third-order valence-corrected chi connectivity index (χ3v) is 11.6. The van der Waals surface area contributed by atoms with E-state index in [0.717, 1.165) is 21.6 Å². The normalized spacial score (nSPS) is 28.9. The highest BCUT2D eigenvalue weighted by Gasteiger charge is 2.62. The molecule has 6 rings (SSSR count). The Morgan fingerprint density at radius 1 is 1.14 bits per heavy atom. The number of nitrogens with one attached hydrogen (secondary N) is 3. The second-order valence-corrected chi connectivity index (χ2v) is 15.2. The summed E-state index contributed by atoms with van der Waals surface area (Å²) in [6, 6.07) is 2.55. The van der Waals surface area contributed by atoms with Crippen LogP contribution in [0.25, 0.3) is 0 Å². The second kappa shape index (κ2) is 13.6. The van der Waals surface area contributed by atoms with Gasteiger partial charge in [0, 0.05) is 31.8 Å². The largest absolute Gasteiger partial charge is 0.450 e. The van der Waals surface area contributed by atoms with E-state index in [4.69, 9.17) is 9.47 Å². The lowest BCUT2D eigenvalue weighted by atomic mass is 9.99. The number of carbonyl (C=O) groups is 5. The first-order valence-electron chi connectivity index (χ1n) is 16.4. The van der Waals surface area contributed by atoms with Gasteiger partial charge < -0.3 is 25.0 Å². The Kier molecular flexibility index (Phi) is 9.57. The van der Waals surface area contributed by atoms with Crippen LogP contribution >= 0.6 is 0 Å². The summed E-state index contributed by atoms with van der Waals surface area (Å²) in [6.45, 7) is 3.83.